The maximum atomic E-state index is 9.64. The van der Waals surface area contributed by atoms with Gasteiger partial charge in [0.15, 0.2) is 5.82 Å². The van der Waals surface area contributed by atoms with Crippen LogP contribution in [-0.2, 0) is 0 Å². The van der Waals surface area contributed by atoms with Gasteiger partial charge >= 0.3 is 0 Å². The maximum Gasteiger partial charge on any atom is 0.156 e. The number of fused-ring (bicyclic) bond motifs is 1. The molecule has 4 heteroatoms. The quantitative estimate of drug-likeness (QED) is 0.823. The molecule has 2 N–H and O–H groups in total. The minimum atomic E-state index is -0.765. The summed E-state index contributed by atoms with van der Waals surface area (Å²) in [4.78, 5) is 0. The number of anilines is 1. The Bertz CT molecular complexity index is 486. The van der Waals surface area contributed by atoms with E-state index >= 15 is 0 Å². The molecular formula is C12H15N3O. The largest absolute Gasteiger partial charge is 0.389 e. The first-order chi connectivity index (χ1) is 7.56. The van der Waals surface area contributed by atoms with Gasteiger partial charge in [-0.2, -0.15) is 5.10 Å². The van der Waals surface area contributed by atoms with Crippen LogP contribution in [0.25, 0.3) is 10.8 Å². The molecule has 0 aliphatic rings. The SMILES string of the molecule is CC(C)(O)CNc1nncc2ccccc12. The number of nitrogens with one attached hydrogen (secondary N) is 1. The van der Waals surface area contributed by atoms with Gasteiger partial charge in [-0.3, -0.25) is 0 Å². The van der Waals surface area contributed by atoms with Gasteiger partial charge in [0, 0.05) is 17.3 Å². The van der Waals surface area contributed by atoms with E-state index in [4.69, 9.17) is 0 Å². The van der Waals surface area contributed by atoms with Crippen LogP contribution < -0.4 is 5.32 Å². The first kappa shape index (κ1) is 10.8. The highest BCUT2D eigenvalue weighted by atomic mass is 16.3. The Hall–Kier alpha value is -1.68. The predicted octanol–water partition coefficient (Wildman–Crippen LogP) is 1.81. The van der Waals surface area contributed by atoms with E-state index in [2.05, 4.69) is 15.5 Å². The first-order valence-corrected chi connectivity index (χ1v) is 5.23. The van der Waals surface area contributed by atoms with E-state index in [0.717, 1.165) is 10.8 Å². The summed E-state index contributed by atoms with van der Waals surface area (Å²) in [7, 11) is 0. The Labute approximate surface area is 94.3 Å². The third kappa shape index (κ3) is 2.46. The van der Waals surface area contributed by atoms with Gasteiger partial charge in [0.2, 0.25) is 0 Å². The summed E-state index contributed by atoms with van der Waals surface area (Å²) in [6, 6.07) is 7.89. The highest BCUT2D eigenvalue weighted by Gasteiger charge is 2.13. The topological polar surface area (TPSA) is 58.0 Å². The van der Waals surface area contributed by atoms with Gasteiger partial charge in [0.1, 0.15) is 0 Å². The molecule has 0 radical (unpaired) electrons. The number of hydrogen-bond donors (Lipinski definition) is 2. The van der Waals surface area contributed by atoms with Crippen molar-refractivity contribution in [3.63, 3.8) is 0 Å². The molecule has 0 saturated carbocycles. The summed E-state index contributed by atoms with van der Waals surface area (Å²) in [6.07, 6.45) is 1.73. The Morgan fingerprint density at radius 1 is 1.31 bits per heavy atom. The fourth-order valence-corrected chi connectivity index (χ4v) is 1.46. The Kier molecular flexibility index (Phi) is 2.75. The lowest BCUT2D eigenvalue weighted by Gasteiger charge is -2.18. The highest BCUT2D eigenvalue weighted by molar-refractivity contribution is 5.90. The normalized spacial score (nSPS) is 11.7. The average molecular weight is 217 g/mol. The molecule has 0 fully saturated rings. The van der Waals surface area contributed by atoms with E-state index in [9.17, 15) is 5.11 Å². The van der Waals surface area contributed by atoms with E-state index in [-0.39, 0.29) is 0 Å². The fourth-order valence-electron chi connectivity index (χ4n) is 1.46. The number of rotatable bonds is 3. The minimum absolute atomic E-state index is 0.440. The lowest BCUT2D eigenvalue weighted by atomic mass is 10.1. The zero-order valence-corrected chi connectivity index (χ0v) is 9.44. The summed E-state index contributed by atoms with van der Waals surface area (Å²) >= 11 is 0. The monoisotopic (exact) mass is 217 g/mol. The van der Waals surface area contributed by atoms with Crippen LogP contribution in [0.3, 0.4) is 0 Å². The van der Waals surface area contributed by atoms with Crippen LogP contribution >= 0.6 is 0 Å². The van der Waals surface area contributed by atoms with E-state index < -0.39 is 5.60 Å². The second-order valence-corrected chi connectivity index (χ2v) is 4.45. The van der Waals surface area contributed by atoms with Gasteiger partial charge in [-0.15, -0.1) is 5.10 Å². The second kappa shape index (κ2) is 4.06. The van der Waals surface area contributed by atoms with Crippen LogP contribution in [0.5, 0.6) is 0 Å². The first-order valence-electron chi connectivity index (χ1n) is 5.23. The summed E-state index contributed by atoms with van der Waals surface area (Å²) in [5.74, 6) is 0.709. The lowest BCUT2D eigenvalue weighted by Crippen LogP contribution is -2.29. The van der Waals surface area contributed by atoms with Crippen molar-refractivity contribution in [3.05, 3.63) is 30.5 Å². The van der Waals surface area contributed by atoms with Crippen molar-refractivity contribution in [2.24, 2.45) is 0 Å². The highest BCUT2D eigenvalue weighted by Crippen LogP contribution is 2.19. The molecule has 0 amide bonds. The number of aliphatic hydroxyl groups is 1. The third-order valence-electron chi connectivity index (χ3n) is 2.26. The molecule has 16 heavy (non-hydrogen) atoms. The standard InChI is InChI=1S/C12H15N3O/c1-12(2,16)8-13-11-10-6-4-3-5-9(10)7-14-15-11/h3-7,16H,8H2,1-2H3,(H,13,15). The molecule has 1 aromatic carbocycles. The van der Waals surface area contributed by atoms with E-state index in [0.29, 0.717) is 12.4 Å². The Morgan fingerprint density at radius 3 is 2.81 bits per heavy atom. The smallest absolute Gasteiger partial charge is 0.156 e. The predicted molar refractivity (Wildman–Crippen MR) is 64.3 cm³/mol. The second-order valence-electron chi connectivity index (χ2n) is 4.45. The molecule has 0 saturated heterocycles. The zero-order valence-electron chi connectivity index (χ0n) is 9.44. The Balaban J connectivity index is 2.30. The lowest BCUT2D eigenvalue weighted by molar-refractivity contribution is 0.0944. The van der Waals surface area contributed by atoms with Gasteiger partial charge in [0.25, 0.3) is 0 Å². The number of benzene rings is 1. The molecule has 0 aliphatic carbocycles. The average Bonchev–Trinajstić information content (AvgIpc) is 2.25. The van der Waals surface area contributed by atoms with Gasteiger partial charge < -0.3 is 10.4 Å². The number of nitrogens with zero attached hydrogens (tertiary/aromatic N) is 2. The van der Waals surface area contributed by atoms with Crippen LogP contribution in [-0.4, -0.2) is 27.4 Å². The molecule has 0 bridgehead atoms. The van der Waals surface area contributed by atoms with Crippen molar-refractivity contribution in [3.8, 4) is 0 Å². The molecule has 1 aromatic heterocycles. The molecule has 4 nitrogen and oxygen atoms in total. The molecule has 84 valence electrons. The maximum absolute atomic E-state index is 9.64. The Morgan fingerprint density at radius 2 is 2.06 bits per heavy atom. The van der Waals surface area contributed by atoms with Crippen molar-refractivity contribution in [1.82, 2.24) is 10.2 Å². The third-order valence-corrected chi connectivity index (χ3v) is 2.26. The molecule has 0 unspecified atom stereocenters. The van der Waals surface area contributed by atoms with E-state index in [1.165, 1.54) is 0 Å². The van der Waals surface area contributed by atoms with Crippen LogP contribution in [0.4, 0.5) is 5.82 Å². The van der Waals surface area contributed by atoms with Crippen LogP contribution in [0, 0.1) is 0 Å². The van der Waals surface area contributed by atoms with Crippen molar-refractivity contribution < 1.29 is 5.11 Å². The fraction of sp³-hybridized carbons (Fsp3) is 0.333. The van der Waals surface area contributed by atoms with Crippen LogP contribution in [0.2, 0.25) is 0 Å². The van der Waals surface area contributed by atoms with Gasteiger partial charge in [-0.05, 0) is 13.8 Å². The van der Waals surface area contributed by atoms with E-state index in [1.807, 2.05) is 24.3 Å². The van der Waals surface area contributed by atoms with Crippen molar-refractivity contribution in [2.45, 2.75) is 19.4 Å². The van der Waals surface area contributed by atoms with Crippen LogP contribution in [0.15, 0.2) is 30.5 Å². The summed E-state index contributed by atoms with van der Waals surface area (Å²) in [6.45, 7) is 3.94. The van der Waals surface area contributed by atoms with Crippen LogP contribution in [0.1, 0.15) is 13.8 Å². The summed E-state index contributed by atoms with van der Waals surface area (Å²) in [5.41, 5.74) is -0.765. The molecule has 1 heterocycles. The van der Waals surface area contributed by atoms with Gasteiger partial charge in [0.05, 0.1) is 11.8 Å². The molecule has 2 rings (SSSR count). The molecule has 2 aromatic rings. The molecular weight excluding hydrogens is 202 g/mol. The van der Waals surface area contributed by atoms with E-state index in [1.54, 1.807) is 20.0 Å². The molecule has 0 aliphatic heterocycles. The molecule has 0 spiro atoms. The number of hydrogen-bond acceptors (Lipinski definition) is 4. The van der Waals surface area contributed by atoms with Crippen molar-refractivity contribution >= 4 is 16.6 Å². The van der Waals surface area contributed by atoms with Gasteiger partial charge in [-0.1, -0.05) is 24.3 Å². The molecule has 0 atom stereocenters. The zero-order chi connectivity index (χ0) is 11.6. The van der Waals surface area contributed by atoms with Gasteiger partial charge in [-0.25, -0.2) is 0 Å². The number of aromatic nitrogens is 2. The minimum Gasteiger partial charge on any atom is -0.389 e. The summed E-state index contributed by atoms with van der Waals surface area (Å²) < 4.78 is 0. The van der Waals surface area contributed by atoms with Crippen molar-refractivity contribution in [2.75, 3.05) is 11.9 Å². The summed E-state index contributed by atoms with van der Waals surface area (Å²) in [5, 5.41) is 22.8. The van der Waals surface area contributed by atoms with Crippen molar-refractivity contribution in [1.29, 1.82) is 0 Å².